The molecule has 2 aromatic rings. The Morgan fingerprint density at radius 1 is 1.10 bits per heavy atom. The minimum atomic E-state index is -0.205. The Balaban J connectivity index is 1.65. The third kappa shape index (κ3) is 4.59. The summed E-state index contributed by atoms with van der Waals surface area (Å²) in [6.07, 6.45) is 4.17. The molecule has 2 aliphatic rings. The smallest absolute Gasteiger partial charge is 0.257 e. The van der Waals surface area contributed by atoms with E-state index < -0.39 is 0 Å². The van der Waals surface area contributed by atoms with Gasteiger partial charge in [-0.2, -0.15) is 5.10 Å². The second kappa shape index (κ2) is 9.52. The molecule has 0 aliphatic carbocycles. The minimum Gasteiger partial charge on any atom is -0.497 e. The third-order valence-corrected chi connectivity index (χ3v) is 6.35. The standard InChI is InChI=1S/C25H31N3O3/c1-18-9-7-8-14-27(18)17-25(29)28-23(16-22(26-28)19-10-5-4-6-11-19)21-13-12-20(30-2)15-24(21)31-3/h4-6,10-13,15,18,23H,7-9,14,16-17H2,1-3H3/t18-,23-/m0/s1. The summed E-state index contributed by atoms with van der Waals surface area (Å²) in [6.45, 7) is 3.56. The molecule has 0 aromatic heterocycles. The normalized spacial score (nSPS) is 21.6. The van der Waals surface area contributed by atoms with Gasteiger partial charge in [-0.1, -0.05) is 36.8 Å². The number of ether oxygens (including phenoxy) is 2. The lowest BCUT2D eigenvalue weighted by Crippen LogP contribution is -2.44. The number of hydrogen-bond acceptors (Lipinski definition) is 5. The first-order valence-electron chi connectivity index (χ1n) is 11.0. The lowest BCUT2D eigenvalue weighted by Gasteiger charge is -2.34. The molecule has 164 valence electrons. The summed E-state index contributed by atoms with van der Waals surface area (Å²) in [5, 5.41) is 6.49. The SMILES string of the molecule is COc1ccc([C@@H]2CC(c3ccccc3)=NN2C(=O)CN2CCCC[C@@H]2C)c(OC)c1. The molecule has 0 unspecified atom stereocenters. The van der Waals surface area contributed by atoms with Crippen molar-refractivity contribution in [2.24, 2.45) is 5.10 Å². The molecule has 6 nitrogen and oxygen atoms in total. The van der Waals surface area contributed by atoms with Gasteiger partial charge in [0.15, 0.2) is 0 Å². The van der Waals surface area contributed by atoms with E-state index in [-0.39, 0.29) is 11.9 Å². The Labute approximate surface area is 184 Å². The molecule has 0 bridgehead atoms. The molecule has 1 fully saturated rings. The molecule has 0 spiro atoms. The third-order valence-electron chi connectivity index (χ3n) is 6.35. The molecule has 0 saturated carbocycles. The first-order chi connectivity index (χ1) is 15.1. The van der Waals surface area contributed by atoms with Crippen LogP contribution >= 0.6 is 0 Å². The lowest BCUT2D eigenvalue weighted by molar-refractivity contribution is -0.135. The van der Waals surface area contributed by atoms with Gasteiger partial charge in [-0.15, -0.1) is 0 Å². The van der Waals surface area contributed by atoms with Gasteiger partial charge in [0.1, 0.15) is 11.5 Å². The molecule has 1 amide bonds. The number of likely N-dealkylation sites (tertiary alicyclic amines) is 1. The molecule has 31 heavy (non-hydrogen) atoms. The number of carbonyl (C=O) groups is 1. The van der Waals surface area contributed by atoms with Crippen LogP contribution in [-0.4, -0.2) is 54.9 Å². The highest BCUT2D eigenvalue weighted by atomic mass is 16.5. The van der Waals surface area contributed by atoms with Gasteiger partial charge in [-0.05, 0) is 44.0 Å². The molecule has 4 rings (SSSR count). The van der Waals surface area contributed by atoms with Crippen molar-refractivity contribution in [2.75, 3.05) is 27.3 Å². The molecule has 2 atom stereocenters. The molecule has 1 saturated heterocycles. The second-order valence-electron chi connectivity index (χ2n) is 8.29. The maximum absolute atomic E-state index is 13.5. The molecular weight excluding hydrogens is 390 g/mol. The second-order valence-corrected chi connectivity index (χ2v) is 8.29. The zero-order valence-electron chi connectivity index (χ0n) is 18.6. The van der Waals surface area contributed by atoms with Crippen LogP contribution in [0.1, 0.15) is 49.8 Å². The van der Waals surface area contributed by atoms with E-state index in [1.807, 2.05) is 48.5 Å². The van der Waals surface area contributed by atoms with Gasteiger partial charge in [0.2, 0.25) is 0 Å². The van der Waals surface area contributed by atoms with E-state index in [4.69, 9.17) is 14.6 Å². The van der Waals surface area contributed by atoms with E-state index in [2.05, 4.69) is 11.8 Å². The topological polar surface area (TPSA) is 54.4 Å². The monoisotopic (exact) mass is 421 g/mol. The Bertz CT molecular complexity index is 944. The van der Waals surface area contributed by atoms with Crippen molar-refractivity contribution in [3.63, 3.8) is 0 Å². The van der Waals surface area contributed by atoms with Gasteiger partial charge < -0.3 is 9.47 Å². The van der Waals surface area contributed by atoms with Crippen LogP contribution in [-0.2, 0) is 4.79 Å². The van der Waals surface area contributed by atoms with Gasteiger partial charge in [0.05, 0.1) is 32.5 Å². The number of carbonyl (C=O) groups excluding carboxylic acids is 1. The molecule has 0 N–H and O–H groups in total. The average Bonchev–Trinajstić information content (AvgIpc) is 3.26. The molecular formula is C25H31N3O3. The van der Waals surface area contributed by atoms with Gasteiger partial charge in [0.25, 0.3) is 5.91 Å². The van der Waals surface area contributed by atoms with Gasteiger partial charge in [0, 0.05) is 24.1 Å². The number of hydrogen-bond donors (Lipinski definition) is 0. The van der Waals surface area contributed by atoms with E-state index in [1.54, 1.807) is 19.2 Å². The summed E-state index contributed by atoms with van der Waals surface area (Å²) < 4.78 is 11.0. The van der Waals surface area contributed by atoms with E-state index in [9.17, 15) is 4.79 Å². The fraction of sp³-hybridized carbons (Fsp3) is 0.440. The van der Waals surface area contributed by atoms with Gasteiger partial charge >= 0.3 is 0 Å². The predicted molar refractivity (Wildman–Crippen MR) is 122 cm³/mol. The number of benzene rings is 2. The summed E-state index contributed by atoms with van der Waals surface area (Å²) >= 11 is 0. The number of piperidine rings is 1. The quantitative estimate of drug-likeness (QED) is 0.700. The molecule has 2 aliphatic heterocycles. The van der Waals surface area contributed by atoms with Crippen molar-refractivity contribution < 1.29 is 14.3 Å². The highest BCUT2D eigenvalue weighted by molar-refractivity contribution is 6.03. The maximum atomic E-state index is 13.5. The Kier molecular flexibility index (Phi) is 6.56. The molecule has 2 heterocycles. The van der Waals surface area contributed by atoms with Crippen molar-refractivity contribution in [3.8, 4) is 11.5 Å². The van der Waals surface area contributed by atoms with E-state index in [0.717, 1.165) is 42.0 Å². The largest absolute Gasteiger partial charge is 0.497 e. The zero-order valence-corrected chi connectivity index (χ0v) is 18.6. The first kappa shape index (κ1) is 21.4. The molecule has 6 heteroatoms. The van der Waals surface area contributed by atoms with Crippen molar-refractivity contribution in [2.45, 2.75) is 44.7 Å². The van der Waals surface area contributed by atoms with Gasteiger partial charge in [-0.3, -0.25) is 9.69 Å². The van der Waals surface area contributed by atoms with Crippen molar-refractivity contribution in [1.82, 2.24) is 9.91 Å². The van der Waals surface area contributed by atoms with E-state index in [1.165, 1.54) is 6.42 Å². The van der Waals surface area contributed by atoms with Crippen LogP contribution in [0.15, 0.2) is 53.6 Å². The predicted octanol–water partition coefficient (Wildman–Crippen LogP) is 4.26. The number of rotatable bonds is 6. The Morgan fingerprint density at radius 3 is 2.61 bits per heavy atom. The summed E-state index contributed by atoms with van der Waals surface area (Å²) in [4.78, 5) is 15.7. The van der Waals surface area contributed by atoms with Crippen LogP contribution in [0.4, 0.5) is 0 Å². The number of amides is 1. The van der Waals surface area contributed by atoms with Crippen LogP contribution in [0.25, 0.3) is 0 Å². The molecule has 0 radical (unpaired) electrons. The van der Waals surface area contributed by atoms with E-state index in [0.29, 0.717) is 24.8 Å². The van der Waals surface area contributed by atoms with Gasteiger partial charge in [-0.25, -0.2) is 5.01 Å². The fourth-order valence-corrected chi connectivity index (χ4v) is 4.52. The average molecular weight is 422 g/mol. The first-order valence-corrected chi connectivity index (χ1v) is 11.0. The minimum absolute atomic E-state index is 0.0301. The lowest BCUT2D eigenvalue weighted by atomic mass is 9.97. The van der Waals surface area contributed by atoms with Crippen molar-refractivity contribution in [1.29, 1.82) is 0 Å². The van der Waals surface area contributed by atoms with Crippen molar-refractivity contribution in [3.05, 3.63) is 59.7 Å². The maximum Gasteiger partial charge on any atom is 0.257 e. The van der Waals surface area contributed by atoms with Crippen LogP contribution in [0, 0.1) is 0 Å². The Hall–Kier alpha value is -2.86. The highest BCUT2D eigenvalue weighted by Crippen LogP contribution is 2.39. The zero-order chi connectivity index (χ0) is 21.8. The van der Waals surface area contributed by atoms with Crippen LogP contribution in [0.5, 0.6) is 11.5 Å². The Morgan fingerprint density at radius 2 is 1.90 bits per heavy atom. The summed E-state index contributed by atoms with van der Waals surface area (Å²) in [6, 6.07) is 16.1. The summed E-state index contributed by atoms with van der Waals surface area (Å²) in [5.74, 6) is 1.46. The highest BCUT2D eigenvalue weighted by Gasteiger charge is 2.36. The van der Waals surface area contributed by atoms with E-state index >= 15 is 0 Å². The summed E-state index contributed by atoms with van der Waals surface area (Å²) in [7, 11) is 3.28. The van der Waals surface area contributed by atoms with Crippen LogP contribution in [0.2, 0.25) is 0 Å². The van der Waals surface area contributed by atoms with Crippen molar-refractivity contribution >= 4 is 11.6 Å². The van der Waals surface area contributed by atoms with Crippen LogP contribution in [0.3, 0.4) is 0 Å². The number of nitrogens with zero attached hydrogens (tertiary/aromatic N) is 3. The number of methoxy groups -OCH3 is 2. The molecule has 2 aromatic carbocycles. The van der Waals surface area contributed by atoms with Crippen LogP contribution < -0.4 is 9.47 Å². The fourth-order valence-electron chi connectivity index (χ4n) is 4.52. The number of hydrazone groups is 1. The summed E-state index contributed by atoms with van der Waals surface area (Å²) in [5.41, 5.74) is 2.91.